The zero-order valence-corrected chi connectivity index (χ0v) is 12.4. The fraction of sp³-hybridized carbons (Fsp3) is 0.562. The van der Waals surface area contributed by atoms with Crippen LogP contribution in [0.1, 0.15) is 43.4 Å². The van der Waals surface area contributed by atoms with Crippen LogP contribution in [0.25, 0.3) is 0 Å². The minimum atomic E-state index is -4.33. The molecule has 3 nitrogen and oxygen atoms in total. The highest BCUT2D eigenvalue weighted by molar-refractivity contribution is 5.70. The van der Waals surface area contributed by atoms with E-state index in [9.17, 15) is 18.0 Å². The van der Waals surface area contributed by atoms with Gasteiger partial charge < -0.3 is 5.11 Å². The first kappa shape index (κ1) is 16.8. The molecule has 0 unspecified atom stereocenters. The predicted molar refractivity (Wildman–Crippen MR) is 76.4 cm³/mol. The number of likely N-dealkylation sites (tertiary alicyclic amines) is 1. The van der Waals surface area contributed by atoms with Crippen LogP contribution in [0.15, 0.2) is 24.3 Å². The monoisotopic (exact) mass is 315 g/mol. The van der Waals surface area contributed by atoms with Gasteiger partial charge in [-0.25, -0.2) is 0 Å². The fourth-order valence-corrected chi connectivity index (χ4v) is 3.09. The number of hydrogen-bond donors (Lipinski definition) is 1. The van der Waals surface area contributed by atoms with Crippen LogP contribution in [-0.2, 0) is 11.0 Å². The van der Waals surface area contributed by atoms with Crippen molar-refractivity contribution in [1.82, 2.24) is 4.90 Å². The number of carboxylic acid groups (broad SMARTS) is 1. The summed E-state index contributed by atoms with van der Waals surface area (Å²) in [6, 6.07) is 5.15. The van der Waals surface area contributed by atoms with Gasteiger partial charge in [0.1, 0.15) is 0 Å². The number of aliphatic carboxylic acids is 1. The zero-order valence-electron chi connectivity index (χ0n) is 12.4. The van der Waals surface area contributed by atoms with E-state index >= 15 is 0 Å². The molecule has 1 aromatic carbocycles. The first-order chi connectivity index (χ1) is 10.3. The number of halogens is 3. The second-order valence-corrected chi connectivity index (χ2v) is 5.72. The third-order valence-electron chi connectivity index (χ3n) is 4.25. The van der Waals surface area contributed by atoms with E-state index in [1.807, 2.05) is 6.92 Å². The van der Waals surface area contributed by atoms with Gasteiger partial charge in [0.05, 0.1) is 11.5 Å². The van der Waals surface area contributed by atoms with Gasteiger partial charge in [0.2, 0.25) is 0 Å². The lowest BCUT2D eigenvalue weighted by Gasteiger charge is -2.37. The Morgan fingerprint density at radius 2 is 2.00 bits per heavy atom. The molecule has 122 valence electrons. The summed E-state index contributed by atoms with van der Waals surface area (Å²) in [6.45, 7) is 3.20. The second kappa shape index (κ2) is 6.69. The number of carboxylic acids is 1. The average molecular weight is 315 g/mol. The maximum absolute atomic E-state index is 12.6. The van der Waals surface area contributed by atoms with Gasteiger partial charge in [-0.1, -0.05) is 19.1 Å². The van der Waals surface area contributed by atoms with Crippen molar-refractivity contribution in [2.24, 2.45) is 5.92 Å². The van der Waals surface area contributed by atoms with Gasteiger partial charge in [-0.15, -0.1) is 0 Å². The molecule has 6 heteroatoms. The van der Waals surface area contributed by atoms with Crippen molar-refractivity contribution >= 4 is 5.97 Å². The maximum atomic E-state index is 12.6. The van der Waals surface area contributed by atoms with Crippen LogP contribution in [0.3, 0.4) is 0 Å². The van der Waals surface area contributed by atoms with E-state index in [2.05, 4.69) is 4.90 Å². The Bertz CT molecular complexity index is 513. The van der Waals surface area contributed by atoms with Crippen molar-refractivity contribution in [3.05, 3.63) is 35.4 Å². The van der Waals surface area contributed by atoms with Gasteiger partial charge in [-0.2, -0.15) is 13.2 Å². The summed E-state index contributed by atoms with van der Waals surface area (Å²) in [7, 11) is 0. The number of alkyl halides is 3. The van der Waals surface area contributed by atoms with Crippen molar-refractivity contribution < 1.29 is 23.1 Å². The summed E-state index contributed by atoms with van der Waals surface area (Å²) in [5.41, 5.74) is 0.148. The van der Waals surface area contributed by atoms with Crippen molar-refractivity contribution in [2.75, 3.05) is 13.1 Å². The number of hydrogen-bond acceptors (Lipinski definition) is 2. The molecule has 1 fully saturated rings. The van der Waals surface area contributed by atoms with E-state index in [-0.39, 0.29) is 6.04 Å². The fourth-order valence-electron chi connectivity index (χ4n) is 3.09. The molecule has 1 saturated heterocycles. The maximum Gasteiger partial charge on any atom is 0.416 e. The summed E-state index contributed by atoms with van der Waals surface area (Å²) >= 11 is 0. The number of piperidine rings is 1. The molecule has 0 amide bonds. The van der Waals surface area contributed by atoms with E-state index in [1.165, 1.54) is 12.1 Å². The van der Waals surface area contributed by atoms with Gasteiger partial charge in [-0.05, 0) is 43.5 Å². The molecule has 1 aromatic rings. The smallest absolute Gasteiger partial charge is 0.416 e. The standard InChI is InChI=1S/C16H20F3NO2/c1-2-14(20-9-3-4-12(10-20)15(21)22)11-5-7-13(8-6-11)16(17,18)19/h5-8,12,14H,2-4,9-10H2,1H3,(H,21,22)/t12-,14+/m0/s1. The Hall–Kier alpha value is -1.56. The highest BCUT2D eigenvalue weighted by Gasteiger charge is 2.32. The van der Waals surface area contributed by atoms with Crippen molar-refractivity contribution in [3.8, 4) is 0 Å². The Kier molecular flexibility index (Phi) is 5.11. The van der Waals surface area contributed by atoms with E-state index in [1.54, 1.807) is 0 Å². The molecule has 0 aliphatic carbocycles. The van der Waals surface area contributed by atoms with E-state index in [0.29, 0.717) is 13.0 Å². The van der Waals surface area contributed by atoms with E-state index < -0.39 is 23.6 Å². The minimum Gasteiger partial charge on any atom is -0.481 e. The Balaban J connectivity index is 2.15. The third kappa shape index (κ3) is 3.80. The van der Waals surface area contributed by atoms with Gasteiger partial charge in [-0.3, -0.25) is 9.69 Å². The first-order valence-electron chi connectivity index (χ1n) is 7.47. The average Bonchev–Trinajstić information content (AvgIpc) is 2.48. The van der Waals surface area contributed by atoms with Gasteiger partial charge in [0.25, 0.3) is 0 Å². The summed E-state index contributed by atoms with van der Waals surface area (Å²) in [5, 5.41) is 9.16. The second-order valence-electron chi connectivity index (χ2n) is 5.72. The summed E-state index contributed by atoms with van der Waals surface area (Å²) in [6.07, 6.45) is -2.14. The van der Waals surface area contributed by atoms with Crippen LogP contribution in [0, 0.1) is 5.92 Å². The van der Waals surface area contributed by atoms with Crippen LogP contribution in [-0.4, -0.2) is 29.1 Å². The molecule has 1 N–H and O–H groups in total. The number of rotatable bonds is 4. The molecular formula is C16H20F3NO2. The molecule has 2 rings (SSSR count). The normalized spacial score (nSPS) is 21.5. The highest BCUT2D eigenvalue weighted by Crippen LogP contribution is 2.33. The lowest BCUT2D eigenvalue weighted by molar-refractivity contribution is -0.144. The number of benzene rings is 1. The van der Waals surface area contributed by atoms with Gasteiger partial charge in [0.15, 0.2) is 0 Å². The van der Waals surface area contributed by atoms with Gasteiger partial charge >= 0.3 is 12.1 Å². The van der Waals surface area contributed by atoms with Crippen molar-refractivity contribution in [2.45, 2.75) is 38.4 Å². The molecule has 2 atom stereocenters. The van der Waals surface area contributed by atoms with Crippen LogP contribution < -0.4 is 0 Å². The van der Waals surface area contributed by atoms with Crippen LogP contribution in [0.2, 0.25) is 0 Å². The lowest BCUT2D eigenvalue weighted by atomic mass is 9.93. The van der Waals surface area contributed by atoms with Crippen LogP contribution in [0.4, 0.5) is 13.2 Å². The van der Waals surface area contributed by atoms with Crippen molar-refractivity contribution in [1.29, 1.82) is 0 Å². The lowest BCUT2D eigenvalue weighted by Crippen LogP contribution is -2.40. The predicted octanol–water partition coefficient (Wildman–Crippen LogP) is 3.95. The molecule has 1 heterocycles. The molecule has 0 bridgehead atoms. The molecule has 0 aromatic heterocycles. The number of carbonyl (C=O) groups is 1. The molecule has 1 aliphatic heterocycles. The molecule has 22 heavy (non-hydrogen) atoms. The van der Waals surface area contributed by atoms with Crippen molar-refractivity contribution in [3.63, 3.8) is 0 Å². The van der Waals surface area contributed by atoms with Crippen LogP contribution >= 0.6 is 0 Å². The largest absolute Gasteiger partial charge is 0.481 e. The molecule has 0 spiro atoms. The Morgan fingerprint density at radius 1 is 1.36 bits per heavy atom. The summed E-state index contributed by atoms with van der Waals surface area (Å²) < 4.78 is 37.9. The quantitative estimate of drug-likeness (QED) is 0.914. The summed E-state index contributed by atoms with van der Waals surface area (Å²) in [4.78, 5) is 13.2. The molecule has 0 radical (unpaired) electrons. The molecule has 0 saturated carbocycles. The third-order valence-corrected chi connectivity index (χ3v) is 4.25. The zero-order chi connectivity index (χ0) is 16.3. The van der Waals surface area contributed by atoms with E-state index in [4.69, 9.17) is 5.11 Å². The first-order valence-corrected chi connectivity index (χ1v) is 7.47. The number of nitrogens with zero attached hydrogens (tertiary/aromatic N) is 1. The Morgan fingerprint density at radius 3 is 2.50 bits per heavy atom. The Labute approximate surface area is 127 Å². The molecule has 1 aliphatic rings. The van der Waals surface area contributed by atoms with Gasteiger partial charge in [0, 0.05) is 12.6 Å². The SMILES string of the molecule is CC[C@H](c1ccc(C(F)(F)F)cc1)N1CCC[C@H](C(=O)O)C1. The van der Waals surface area contributed by atoms with E-state index in [0.717, 1.165) is 37.1 Å². The molecular weight excluding hydrogens is 295 g/mol. The minimum absolute atomic E-state index is 0.0376. The highest BCUT2D eigenvalue weighted by atomic mass is 19.4. The topological polar surface area (TPSA) is 40.5 Å². The summed E-state index contributed by atoms with van der Waals surface area (Å²) in [5.74, 6) is -1.19. The van der Waals surface area contributed by atoms with Crippen LogP contribution in [0.5, 0.6) is 0 Å².